The maximum Gasteiger partial charge on any atom is 0.234 e. The first-order valence-corrected chi connectivity index (χ1v) is 7.69. The van der Waals surface area contributed by atoms with Crippen LogP contribution in [0.25, 0.3) is 0 Å². The number of hydrogen-bond donors (Lipinski definition) is 2. The maximum absolute atomic E-state index is 12.0. The first-order valence-electron chi connectivity index (χ1n) is 6.54. The second-order valence-electron chi connectivity index (χ2n) is 4.49. The molecule has 0 heterocycles. The molecular formula is C16H18N2O2S. The molecule has 0 aliphatic rings. The molecule has 2 rings (SSSR count). The van der Waals surface area contributed by atoms with Crippen LogP contribution in [0.5, 0.6) is 5.75 Å². The number of nitrogens with two attached hydrogens (primary N) is 1. The summed E-state index contributed by atoms with van der Waals surface area (Å²) in [7, 11) is 1.56. The summed E-state index contributed by atoms with van der Waals surface area (Å²) >= 11 is 1.57. The van der Waals surface area contributed by atoms with Gasteiger partial charge in [0.05, 0.1) is 18.6 Å². The van der Waals surface area contributed by atoms with Gasteiger partial charge in [0.15, 0.2) is 0 Å². The lowest BCUT2D eigenvalue weighted by Gasteiger charge is -2.10. The van der Waals surface area contributed by atoms with E-state index < -0.39 is 0 Å². The fraction of sp³-hybridized carbons (Fsp3) is 0.188. The molecule has 0 aromatic heterocycles. The fourth-order valence-electron chi connectivity index (χ4n) is 1.85. The zero-order chi connectivity index (χ0) is 15.1. The van der Waals surface area contributed by atoms with Crippen molar-refractivity contribution in [2.75, 3.05) is 23.9 Å². The van der Waals surface area contributed by atoms with E-state index in [4.69, 9.17) is 10.5 Å². The molecule has 0 atom stereocenters. The highest BCUT2D eigenvalue weighted by Crippen LogP contribution is 2.26. The van der Waals surface area contributed by atoms with Crippen LogP contribution in [-0.4, -0.2) is 18.8 Å². The standard InChI is InChI=1S/C16H18N2O2S/c1-20-15-8-7-13(17)9-14(15)18-16(19)11-21-10-12-5-3-2-4-6-12/h2-9H,10-11,17H2,1H3,(H,18,19). The summed E-state index contributed by atoms with van der Waals surface area (Å²) in [6.45, 7) is 0. The van der Waals surface area contributed by atoms with Gasteiger partial charge in [-0.3, -0.25) is 4.79 Å². The van der Waals surface area contributed by atoms with Gasteiger partial charge in [-0.15, -0.1) is 11.8 Å². The average molecular weight is 302 g/mol. The molecular weight excluding hydrogens is 284 g/mol. The summed E-state index contributed by atoms with van der Waals surface area (Å²) in [4.78, 5) is 12.0. The minimum Gasteiger partial charge on any atom is -0.495 e. The summed E-state index contributed by atoms with van der Waals surface area (Å²) in [6.07, 6.45) is 0. The smallest absolute Gasteiger partial charge is 0.234 e. The molecule has 2 aromatic carbocycles. The summed E-state index contributed by atoms with van der Waals surface area (Å²) in [5.74, 6) is 1.72. The second kappa shape index (κ2) is 7.59. The number of carbonyl (C=O) groups excluding carboxylic acids is 1. The van der Waals surface area contributed by atoms with Crippen molar-refractivity contribution in [1.29, 1.82) is 0 Å². The van der Waals surface area contributed by atoms with E-state index >= 15 is 0 Å². The Morgan fingerprint density at radius 1 is 1.24 bits per heavy atom. The number of ether oxygens (including phenoxy) is 1. The number of hydrogen-bond acceptors (Lipinski definition) is 4. The van der Waals surface area contributed by atoms with Crippen LogP contribution in [0.2, 0.25) is 0 Å². The molecule has 0 radical (unpaired) electrons. The fourth-order valence-corrected chi connectivity index (χ4v) is 2.63. The summed E-state index contributed by atoms with van der Waals surface area (Å²) in [5, 5.41) is 2.82. The molecule has 2 aromatic rings. The number of amides is 1. The molecule has 0 saturated heterocycles. The molecule has 0 fully saturated rings. The van der Waals surface area contributed by atoms with E-state index in [2.05, 4.69) is 5.32 Å². The number of rotatable bonds is 6. The molecule has 0 spiro atoms. The zero-order valence-electron chi connectivity index (χ0n) is 11.8. The van der Waals surface area contributed by atoms with Gasteiger partial charge in [-0.25, -0.2) is 0 Å². The molecule has 0 aliphatic carbocycles. The van der Waals surface area contributed by atoms with Gasteiger partial charge in [0.1, 0.15) is 5.75 Å². The predicted molar refractivity (Wildman–Crippen MR) is 88.6 cm³/mol. The van der Waals surface area contributed by atoms with Gasteiger partial charge in [-0.1, -0.05) is 30.3 Å². The lowest BCUT2D eigenvalue weighted by molar-refractivity contribution is -0.113. The van der Waals surface area contributed by atoms with Gasteiger partial charge in [-0.05, 0) is 23.8 Å². The monoisotopic (exact) mass is 302 g/mol. The van der Waals surface area contributed by atoms with Crippen LogP contribution in [0.4, 0.5) is 11.4 Å². The van der Waals surface area contributed by atoms with Crippen molar-refractivity contribution in [3.63, 3.8) is 0 Å². The third kappa shape index (κ3) is 4.72. The molecule has 1 amide bonds. The van der Waals surface area contributed by atoms with Gasteiger partial charge in [-0.2, -0.15) is 0 Å². The van der Waals surface area contributed by atoms with E-state index in [9.17, 15) is 4.79 Å². The molecule has 3 N–H and O–H groups in total. The highest BCUT2D eigenvalue weighted by Gasteiger charge is 2.08. The van der Waals surface area contributed by atoms with E-state index in [0.29, 0.717) is 22.9 Å². The average Bonchev–Trinajstić information content (AvgIpc) is 2.48. The van der Waals surface area contributed by atoms with Crippen molar-refractivity contribution in [3.8, 4) is 5.75 Å². The minimum absolute atomic E-state index is 0.0696. The first-order chi connectivity index (χ1) is 10.2. The van der Waals surface area contributed by atoms with Crippen LogP contribution in [0.1, 0.15) is 5.56 Å². The van der Waals surface area contributed by atoms with Crippen LogP contribution < -0.4 is 15.8 Å². The lowest BCUT2D eigenvalue weighted by atomic mass is 10.2. The molecule has 0 unspecified atom stereocenters. The van der Waals surface area contributed by atoms with Gasteiger partial charge in [0.2, 0.25) is 5.91 Å². The maximum atomic E-state index is 12.0. The largest absolute Gasteiger partial charge is 0.495 e. The Morgan fingerprint density at radius 2 is 2.00 bits per heavy atom. The quantitative estimate of drug-likeness (QED) is 0.805. The Bertz CT molecular complexity index is 602. The van der Waals surface area contributed by atoms with Gasteiger partial charge in [0.25, 0.3) is 0 Å². The zero-order valence-corrected chi connectivity index (χ0v) is 12.7. The second-order valence-corrected chi connectivity index (χ2v) is 5.47. The molecule has 21 heavy (non-hydrogen) atoms. The number of carbonyl (C=O) groups is 1. The van der Waals surface area contributed by atoms with E-state index in [1.54, 1.807) is 37.1 Å². The van der Waals surface area contributed by atoms with Gasteiger partial charge >= 0.3 is 0 Å². The summed E-state index contributed by atoms with van der Waals surface area (Å²) in [6, 6.07) is 15.2. The Labute approximate surface area is 128 Å². The summed E-state index contributed by atoms with van der Waals surface area (Å²) in [5.41, 5.74) is 8.11. The van der Waals surface area contributed by atoms with E-state index in [-0.39, 0.29) is 5.91 Å². The highest BCUT2D eigenvalue weighted by atomic mass is 32.2. The normalized spacial score (nSPS) is 10.1. The Morgan fingerprint density at radius 3 is 2.71 bits per heavy atom. The van der Waals surface area contributed by atoms with Crippen molar-refractivity contribution in [2.45, 2.75) is 5.75 Å². The number of benzene rings is 2. The molecule has 110 valence electrons. The Hall–Kier alpha value is -2.14. The highest BCUT2D eigenvalue weighted by molar-refractivity contribution is 7.99. The first kappa shape index (κ1) is 15.3. The third-order valence-corrected chi connectivity index (χ3v) is 3.85. The number of thioether (sulfide) groups is 1. The van der Waals surface area contributed by atoms with Crippen molar-refractivity contribution in [1.82, 2.24) is 0 Å². The Balaban J connectivity index is 1.86. The van der Waals surface area contributed by atoms with E-state index in [1.165, 1.54) is 5.56 Å². The van der Waals surface area contributed by atoms with Crippen molar-refractivity contribution < 1.29 is 9.53 Å². The SMILES string of the molecule is COc1ccc(N)cc1NC(=O)CSCc1ccccc1. The minimum atomic E-state index is -0.0696. The molecule has 0 bridgehead atoms. The van der Waals surface area contributed by atoms with Crippen molar-refractivity contribution in [2.24, 2.45) is 0 Å². The molecule has 4 nitrogen and oxygen atoms in total. The van der Waals surface area contributed by atoms with Crippen LogP contribution in [0, 0.1) is 0 Å². The van der Waals surface area contributed by atoms with Gasteiger partial charge in [0, 0.05) is 11.4 Å². The van der Waals surface area contributed by atoms with Crippen LogP contribution in [-0.2, 0) is 10.5 Å². The topological polar surface area (TPSA) is 64.3 Å². The van der Waals surface area contributed by atoms with Crippen LogP contribution >= 0.6 is 11.8 Å². The molecule has 0 saturated carbocycles. The molecule has 0 aliphatic heterocycles. The van der Waals surface area contributed by atoms with E-state index in [0.717, 1.165) is 5.75 Å². The number of methoxy groups -OCH3 is 1. The Kier molecular flexibility index (Phi) is 5.51. The molecule has 5 heteroatoms. The lowest BCUT2D eigenvalue weighted by Crippen LogP contribution is -2.15. The van der Waals surface area contributed by atoms with Gasteiger partial charge < -0.3 is 15.8 Å². The van der Waals surface area contributed by atoms with Crippen LogP contribution in [0.15, 0.2) is 48.5 Å². The predicted octanol–water partition coefficient (Wildman–Crippen LogP) is 3.15. The third-order valence-electron chi connectivity index (χ3n) is 2.84. The number of nitrogens with one attached hydrogen (secondary N) is 1. The van der Waals surface area contributed by atoms with E-state index in [1.807, 2.05) is 30.3 Å². The number of anilines is 2. The van der Waals surface area contributed by atoms with Crippen LogP contribution in [0.3, 0.4) is 0 Å². The summed E-state index contributed by atoms with van der Waals surface area (Å²) < 4.78 is 5.20. The van der Waals surface area contributed by atoms with Crippen molar-refractivity contribution in [3.05, 3.63) is 54.1 Å². The number of nitrogen functional groups attached to an aromatic ring is 1. The van der Waals surface area contributed by atoms with Crippen molar-refractivity contribution >= 4 is 29.0 Å².